The Labute approximate surface area is 122 Å². The zero-order valence-corrected chi connectivity index (χ0v) is 13.3. The Balaban J connectivity index is 0.000000956. The maximum atomic E-state index is 13.0. The standard InChI is InChI=1S/C13H25F2N3.C2H6/c1-2-16(13-5-9-18(15)10-6-13)11-12-3-7-17(14)8-4-12;1-2/h12-13H,2-11H2,1H3;1-2H3. The lowest BCUT2D eigenvalue weighted by atomic mass is 9.95. The van der Waals surface area contributed by atoms with Gasteiger partial charge < -0.3 is 4.90 Å². The molecule has 3 nitrogen and oxygen atoms in total. The molecule has 0 aromatic carbocycles. The van der Waals surface area contributed by atoms with E-state index in [0.29, 0.717) is 38.1 Å². The summed E-state index contributed by atoms with van der Waals surface area (Å²) in [6.45, 7) is 10.5. The van der Waals surface area contributed by atoms with Gasteiger partial charge in [-0.1, -0.05) is 20.8 Å². The van der Waals surface area contributed by atoms with E-state index in [1.54, 1.807) is 0 Å². The summed E-state index contributed by atoms with van der Waals surface area (Å²) in [5.41, 5.74) is 0. The quantitative estimate of drug-likeness (QED) is 0.736. The highest BCUT2D eigenvalue weighted by atomic mass is 19.2. The van der Waals surface area contributed by atoms with E-state index in [4.69, 9.17) is 0 Å². The summed E-state index contributed by atoms with van der Waals surface area (Å²) < 4.78 is 25.9. The molecule has 0 radical (unpaired) electrons. The van der Waals surface area contributed by atoms with Crippen LogP contribution in [0.2, 0.25) is 0 Å². The van der Waals surface area contributed by atoms with E-state index < -0.39 is 0 Å². The van der Waals surface area contributed by atoms with Gasteiger partial charge in [-0.3, -0.25) is 0 Å². The van der Waals surface area contributed by atoms with Crippen molar-refractivity contribution in [2.24, 2.45) is 5.92 Å². The second kappa shape index (κ2) is 9.64. The summed E-state index contributed by atoms with van der Waals surface area (Å²) in [7, 11) is 0. The van der Waals surface area contributed by atoms with Gasteiger partial charge in [-0.25, -0.2) is 0 Å². The normalized spacial score (nSPS) is 23.7. The summed E-state index contributed by atoms with van der Waals surface area (Å²) in [6, 6.07) is 0.519. The van der Waals surface area contributed by atoms with Gasteiger partial charge in [0.05, 0.1) is 0 Å². The fourth-order valence-electron chi connectivity index (χ4n) is 3.15. The molecule has 2 aliphatic heterocycles. The van der Waals surface area contributed by atoms with Gasteiger partial charge in [-0.15, -0.1) is 19.2 Å². The van der Waals surface area contributed by atoms with Crippen molar-refractivity contribution in [2.45, 2.75) is 52.5 Å². The van der Waals surface area contributed by atoms with Gasteiger partial charge >= 0.3 is 0 Å². The minimum absolute atomic E-state index is 0.519. The van der Waals surface area contributed by atoms with Crippen molar-refractivity contribution in [1.29, 1.82) is 0 Å². The molecule has 5 heteroatoms. The lowest BCUT2D eigenvalue weighted by molar-refractivity contribution is -0.0332. The van der Waals surface area contributed by atoms with Crippen molar-refractivity contribution < 1.29 is 8.96 Å². The van der Waals surface area contributed by atoms with Crippen molar-refractivity contribution >= 4 is 0 Å². The maximum absolute atomic E-state index is 13.0. The first-order valence-corrected chi connectivity index (χ1v) is 8.24. The van der Waals surface area contributed by atoms with Crippen LogP contribution >= 0.6 is 0 Å². The van der Waals surface area contributed by atoms with Crippen LogP contribution in [-0.4, -0.2) is 60.5 Å². The number of hydrogen-bond donors (Lipinski definition) is 0. The van der Waals surface area contributed by atoms with Crippen LogP contribution < -0.4 is 0 Å². The fraction of sp³-hybridized carbons (Fsp3) is 1.00. The summed E-state index contributed by atoms with van der Waals surface area (Å²) in [6.07, 6.45) is 3.75. The molecule has 20 heavy (non-hydrogen) atoms. The molecule has 0 bridgehead atoms. The Kier molecular flexibility index (Phi) is 8.57. The number of piperidine rings is 2. The van der Waals surface area contributed by atoms with Crippen LogP contribution in [0.5, 0.6) is 0 Å². The third kappa shape index (κ3) is 5.62. The molecule has 0 saturated carbocycles. The Bertz CT molecular complexity index is 237. The molecule has 0 amide bonds. The van der Waals surface area contributed by atoms with E-state index in [9.17, 15) is 8.96 Å². The Morgan fingerprint density at radius 1 is 0.900 bits per heavy atom. The van der Waals surface area contributed by atoms with Crippen LogP contribution in [0.3, 0.4) is 0 Å². The van der Waals surface area contributed by atoms with Crippen molar-refractivity contribution in [3.8, 4) is 0 Å². The van der Waals surface area contributed by atoms with Gasteiger partial charge in [-0.05, 0) is 38.1 Å². The van der Waals surface area contributed by atoms with Gasteiger partial charge in [0.25, 0.3) is 0 Å². The van der Waals surface area contributed by atoms with Crippen molar-refractivity contribution in [3.05, 3.63) is 0 Å². The number of rotatable bonds is 4. The zero-order chi connectivity index (χ0) is 15.0. The van der Waals surface area contributed by atoms with Gasteiger partial charge in [0.15, 0.2) is 0 Å². The first-order valence-electron chi connectivity index (χ1n) is 8.24. The molecule has 2 saturated heterocycles. The zero-order valence-electron chi connectivity index (χ0n) is 13.3. The molecule has 2 heterocycles. The monoisotopic (exact) mass is 291 g/mol. The molecule has 2 rings (SSSR count). The van der Waals surface area contributed by atoms with Crippen molar-refractivity contribution in [2.75, 3.05) is 39.3 Å². The van der Waals surface area contributed by atoms with Crippen LogP contribution in [0, 0.1) is 5.92 Å². The third-order valence-corrected chi connectivity index (χ3v) is 4.39. The van der Waals surface area contributed by atoms with Crippen molar-refractivity contribution in [1.82, 2.24) is 15.1 Å². The highest BCUT2D eigenvalue weighted by Crippen LogP contribution is 2.22. The first-order chi connectivity index (χ1) is 9.69. The Morgan fingerprint density at radius 3 is 1.80 bits per heavy atom. The van der Waals surface area contributed by atoms with Gasteiger partial charge in [0, 0.05) is 38.8 Å². The smallest absolute Gasteiger partial charge is 0.0305 e. The predicted octanol–water partition coefficient (Wildman–Crippen LogP) is 3.28. The molecule has 2 aliphatic rings. The maximum Gasteiger partial charge on any atom is 0.0305 e. The first kappa shape index (κ1) is 17.8. The fourth-order valence-corrected chi connectivity index (χ4v) is 3.15. The average Bonchev–Trinajstić information content (AvgIpc) is 2.50. The number of halogens is 2. The molecular formula is C15H31F2N3. The summed E-state index contributed by atoms with van der Waals surface area (Å²) in [5.74, 6) is 0.611. The topological polar surface area (TPSA) is 9.72 Å². The summed E-state index contributed by atoms with van der Waals surface area (Å²) in [4.78, 5) is 2.48. The Hall–Kier alpha value is -0.260. The minimum atomic E-state index is 0.519. The molecule has 0 unspecified atom stereocenters. The molecule has 0 atom stereocenters. The van der Waals surface area contributed by atoms with Gasteiger partial charge in [-0.2, -0.15) is 0 Å². The minimum Gasteiger partial charge on any atom is -0.300 e. The molecule has 2 fully saturated rings. The molecule has 0 spiro atoms. The average molecular weight is 291 g/mol. The summed E-state index contributed by atoms with van der Waals surface area (Å²) in [5, 5.41) is 1.85. The van der Waals surface area contributed by atoms with E-state index in [2.05, 4.69) is 11.8 Å². The predicted molar refractivity (Wildman–Crippen MR) is 79.7 cm³/mol. The lowest BCUT2D eigenvalue weighted by Gasteiger charge is -2.38. The number of nitrogens with zero attached hydrogens (tertiary/aromatic N) is 3. The van der Waals surface area contributed by atoms with E-state index in [1.807, 2.05) is 13.8 Å². The third-order valence-electron chi connectivity index (χ3n) is 4.39. The molecule has 0 aromatic heterocycles. The molecule has 0 aromatic rings. The van der Waals surface area contributed by atoms with Crippen LogP contribution in [0.4, 0.5) is 8.96 Å². The Morgan fingerprint density at radius 2 is 1.35 bits per heavy atom. The SMILES string of the molecule is CC.CCN(CC1CCN(F)CC1)C1CCN(F)CC1. The lowest BCUT2D eigenvalue weighted by Crippen LogP contribution is -2.45. The van der Waals surface area contributed by atoms with Crippen LogP contribution in [0.15, 0.2) is 0 Å². The second-order valence-corrected chi connectivity index (χ2v) is 5.58. The highest BCUT2D eigenvalue weighted by Gasteiger charge is 2.27. The van der Waals surface area contributed by atoms with Crippen LogP contribution in [0.1, 0.15) is 46.5 Å². The molecular weight excluding hydrogens is 260 g/mol. The van der Waals surface area contributed by atoms with Gasteiger partial charge in [0.1, 0.15) is 0 Å². The number of hydrogen-bond acceptors (Lipinski definition) is 3. The molecule has 0 N–H and O–H groups in total. The largest absolute Gasteiger partial charge is 0.300 e. The van der Waals surface area contributed by atoms with E-state index >= 15 is 0 Å². The van der Waals surface area contributed by atoms with E-state index in [1.165, 1.54) is 0 Å². The van der Waals surface area contributed by atoms with E-state index in [0.717, 1.165) is 49.0 Å². The van der Waals surface area contributed by atoms with E-state index in [-0.39, 0.29) is 0 Å². The summed E-state index contributed by atoms with van der Waals surface area (Å²) >= 11 is 0. The van der Waals surface area contributed by atoms with Gasteiger partial charge in [0.2, 0.25) is 0 Å². The molecule has 0 aliphatic carbocycles. The molecule has 120 valence electrons. The second-order valence-electron chi connectivity index (χ2n) is 5.58. The van der Waals surface area contributed by atoms with Crippen LogP contribution in [-0.2, 0) is 0 Å². The van der Waals surface area contributed by atoms with Crippen LogP contribution in [0.25, 0.3) is 0 Å². The highest BCUT2D eigenvalue weighted by molar-refractivity contribution is 4.80. The van der Waals surface area contributed by atoms with Crippen molar-refractivity contribution in [3.63, 3.8) is 0 Å².